The van der Waals surface area contributed by atoms with Crippen LogP contribution in [0.15, 0.2) is 87.9 Å². The van der Waals surface area contributed by atoms with E-state index in [1.54, 1.807) is 40.7 Å². The molecule has 0 bridgehead atoms. The monoisotopic (exact) mass is 421 g/mol. The molecule has 1 aliphatic heterocycles. The van der Waals surface area contributed by atoms with E-state index in [4.69, 9.17) is 0 Å². The molecule has 0 amide bonds. The highest BCUT2D eigenvalue weighted by Gasteiger charge is 2.25. The van der Waals surface area contributed by atoms with Crippen molar-refractivity contribution < 1.29 is 13.5 Å². The van der Waals surface area contributed by atoms with Gasteiger partial charge in [-0.3, -0.25) is 0 Å². The number of hydrogen-bond donors (Lipinski definition) is 1. The van der Waals surface area contributed by atoms with Gasteiger partial charge in [-0.2, -0.15) is 9.42 Å². The molecule has 4 rings (SSSR count). The summed E-state index contributed by atoms with van der Waals surface area (Å²) in [7, 11) is -3.47. The second-order valence-electron chi connectivity index (χ2n) is 7.23. The summed E-state index contributed by atoms with van der Waals surface area (Å²) < 4.78 is 27.0. The summed E-state index contributed by atoms with van der Waals surface area (Å²) in [6, 6.07) is 21.3. The Labute approximate surface area is 176 Å². The zero-order chi connectivity index (χ0) is 21.0. The summed E-state index contributed by atoms with van der Waals surface area (Å²) in [5.74, 6) is 0.0303. The lowest BCUT2D eigenvalue weighted by molar-refractivity contribution is 0.346. The van der Waals surface area contributed by atoms with Gasteiger partial charge in [0.1, 0.15) is 11.4 Å². The molecule has 0 atom stereocenters. The van der Waals surface area contributed by atoms with Crippen LogP contribution in [0.5, 0.6) is 5.75 Å². The Balaban J connectivity index is 1.54. The van der Waals surface area contributed by atoms with E-state index in [-0.39, 0.29) is 10.6 Å². The Morgan fingerprint density at radius 2 is 1.47 bits per heavy atom. The van der Waals surface area contributed by atoms with E-state index in [1.165, 1.54) is 0 Å². The molecule has 0 spiro atoms. The third-order valence-corrected chi connectivity index (χ3v) is 7.06. The molecule has 0 radical (unpaired) electrons. The molecule has 7 heteroatoms. The van der Waals surface area contributed by atoms with Crippen LogP contribution in [0.4, 0.5) is 11.4 Å². The van der Waals surface area contributed by atoms with Crippen molar-refractivity contribution in [3.8, 4) is 16.9 Å². The largest absolute Gasteiger partial charge is 0.506 e. The maximum absolute atomic E-state index is 12.7. The molecular formula is C23H23N3O3S. The molecule has 1 aliphatic rings. The molecule has 6 nitrogen and oxygen atoms in total. The Morgan fingerprint density at radius 3 is 2.17 bits per heavy atom. The lowest BCUT2D eigenvalue weighted by atomic mass is 10.1. The summed E-state index contributed by atoms with van der Waals surface area (Å²) in [6.07, 6.45) is 2.87. The van der Waals surface area contributed by atoms with Crippen molar-refractivity contribution in [3.63, 3.8) is 0 Å². The van der Waals surface area contributed by atoms with Crippen LogP contribution in [0.2, 0.25) is 0 Å². The lowest BCUT2D eigenvalue weighted by Crippen LogP contribution is -2.35. The Hall–Kier alpha value is -3.03. The third kappa shape index (κ3) is 4.42. The summed E-state index contributed by atoms with van der Waals surface area (Å²) in [5.41, 5.74) is 2.80. The first-order valence-corrected chi connectivity index (χ1v) is 11.4. The van der Waals surface area contributed by atoms with Crippen molar-refractivity contribution in [1.29, 1.82) is 0 Å². The zero-order valence-corrected chi connectivity index (χ0v) is 17.3. The molecule has 1 heterocycles. The fourth-order valence-electron chi connectivity index (χ4n) is 3.46. The summed E-state index contributed by atoms with van der Waals surface area (Å²) in [6.45, 7) is 1.14. The first-order chi connectivity index (χ1) is 14.5. The van der Waals surface area contributed by atoms with E-state index in [0.717, 1.165) is 30.4 Å². The number of benzene rings is 3. The topological polar surface area (TPSA) is 82.3 Å². The number of aromatic hydroxyl groups is 1. The molecule has 1 saturated heterocycles. The molecule has 0 aliphatic carbocycles. The number of phenols is 1. The maximum atomic E-state index is 12.7. The van der Waals surface area contributed by atoms with Crippen LogP contribution in [-0.4, -0.2) is 30.9 Å². The normalized spacial score (nSPS) is 15.5. The van der Waals surface area contributed by atoms with Crippen LogP contribution in [-0.2, 0) is 10.0 Å². The van der Waals surface area contributed by atoms with Crippen molar-refractivity contribution in [2.24, 2.45) is 10.2 Å². The van der Waals surface area contributed by atoms with E-state index in [9.17, 15) is 13.5 Å². The Kier molecular flexibility index (Phi) is 5.92. The van der Waals surface area contributed by atoms with Crippen molar-refractivity contribution in [3.05, 3.63) is 72.8 Å². The van der Waals surface area contributed by atoms with E-state index in [0.29, 0.717) is 24.5 Å². The van der Waals surface area contributed by atoms with Gasteiger partial charge in [-0.05, 0) is 60.4 Å². The second kappa shape index (κ2) is 8.77. The molecule has 0 unspecified atom stereocenters. The van der Waals surface area contributed by atoms with Gasteiger partial charge in [0.2, 0.25) is 10.0 Å². The maximum Gasteiger partial charge on any atom is 0.243 e. The van der Waals surface area contributed by atoms with Crippen LogP contribution in [0.3, 0.4) is 0 Å². The predicted molar refractivity (Wildman–Crippen MR) is 117 cm³/mol. The van der Waals surface area contributed by atoms with E-state index in [2.05, 4.69) is 10.2 Å². The van der Waals surface area contributed by atoms with Gasteiger partial charge in [0.15, 0.2) is 0 Å². The van der Waals surface area contributed by atoms with Gasteiger partial charge >= 0.3 is 0 Å². The van der Waals surface area contributed by atoms with Crippen molar-refractivity contribution in [2.75, 3.05) is 13.1 Å². The highest BCUT2D eigenvalue weighted by molar-refractivity contribution is 7.89. The van der Waals surface area contributed by atoms with Crippen LogP contribution in [0.25, 0.3) is 11.1 Å². The van der Waals surface area contributed by atoms with Crippen molar-refractivity contribution in [2.45, 2.75) is 24.2 Å². The molecule has 0 aromatic heterocycles. The molecule has 3 aromatic rings. The van der Waals surface area contributed by atoms with Crippen LogP contribution in [0.1, 0.15) is 19.3 Å². The lowest BCUT2D eigenvalue weighted by Gasteiger charge is -2.25. The SMILES string of the molecule is O=S(=O)(c1ccc(N=Nc2cc(-c3ccccc3)ccc2O)cc1)N1CCCCC1. The molecule has 154 valence electrons. The summed E-state index contributed by atoms with van der Waals surface area (Å²) in [4.78, 5) is 0.261. The number of hydrogen-bond acceptors (Lipinski definition) is 5. The Morgan fingerprint density at radius 1 is 0.767 bits per heavy atom. The number of phenolic OH excluding ortho intramolecular Hbond substituents is 1. The van der Waals surface area contributed by atoms with E-state index < -0.39 is 10.0 Å². The summed E-state index contributed by atoms with van der Waals surface area (Å²) in [5, 5.41) is 18.4. The van der Waals surface area contributed by atoms with Gasteiger partial charge in [-0.15, -0.1) is 5.11 Å². The van der Waals surface area contributed by atoms with Gasteiger partial charge in [-0.25, -0.2) is 8.42 Å². The highest BCUT2D eigenvalue weighted by Crippen LogP contribution is 2.33. The van der Waals surface area contributed by atoms with Gasteiger partial charge < -0.3 is 5.11 Å². The number of rotatable bonds is 5. The number of sulfonamides is 1. The van der Waals surface area contributed by atoms with Gasteiger partial charge in [0, 0.05) is 13.1 Å². The van der Waals surface area contributed by atoms with Crippen LogP contribution >= 0.6 is 0 Å². The smallest absolute Gasteiger partial charge is 0.243 e. The van der Waals surface area contributed by atoms with Crippen molar-refractivity contribution in [1.82, 2.24) is 4.31 Å². The number of azo groups is 1. The second-order valence-corrected chi connectivity index (χ2v) is 9.17. The molecule has 30 heavy (non-hydrogen) atoms. The zero-order valence-electron chi connectivity index (χ0n) is 16.5. The van der Waals surface area contributed by atoms with Crippen molar-refractivity contribution >= 4 is 21.4 Å². The molecular weight excluding hydrogens is 398 g/mol. The predicted octanol–water partition coefficient (Wildman–Crippen LogP) is 5.65. The quantitative estimate of drug-likeness (QED) is 0.541. The molecule has 3 aromatic carbocycles. The standard InChI is InChI=1S/C23H23N3O3S/c27-23-14-9-19(18-7-3-1-4-8-18)17-22(23)25-24-20-10-12-21(13-11-20)30(28,29)26-15-5-2-6-16-26/h1,3-4,7-14,17,27H,2,5-6,15-16H2. The minimum Gasteiger partial charge on any atom is -0.506 e. The first-order valence-electron chi connectivity index (χ1n) is 9.94. The third-order valence-electron chi connectivity index (χ3n) is 5.15. The minimum absolute atomic E-state index is 0.0303. The fourth-order valence-corrected chi connectivity index (χ4v) is 4.98. The van der Waals surface area contributed by atoms with Gasteiger partial charge in [-0.1, -0.05) is 42.8 Å². The first kappa shape index (κ1) is 20.3. The van der Waals surface area contributed by atoms with Crippen LogP contribution in [0, 0.1) is 0 Å². The minimum atomic E-state index is -3.47. The average Bonchev–Trinajstić information content (AvgIpc) is 2.80. The van der Waals surface area contributed by atoms with Gasteiger partial charge in [0.05, 0.1) is 10.6 Å². The van der Waals surface area contributed by atoms with E-state index >= 15 is 0 Å². The molecule has 1 fully saturated rings. The van der Waals surface area contributed by atoms with Crippen LogP contribution < -0.4 is 0 Å². The Bertz CT molecular complexity index is 1140. The fraction of sp³-hybridized carbons (Fsp3) is 0.217. The van der Waals surface area contributed by atoms with Gasteiger partial charge in [0.25, 0.3) is 0 Å². The summed E-state index contributed by atoms with van der Waals surface area (Å²) >= 11 is 0. The van der Waals surface area contributed by atoms with E-state index in [1.807, 2.05) is 36.4 Å². The average molecular weight is 422 g/mol. The highest BCUT2D eigenvalue weighted by atomic mass is 32.2. The number of piperidine rings is 1. The molecule has 0 saturated carbocycles. The number of nitrogens with zero attached hydrogens (tertiary/aromatic N) is 3. The molecule has 1 N–H and O–H groups in total.